The van der Waals surface area contributed by atoms with Crippen molar-refractivity contribution in [2.24, 2.45) is 0 Å². The van der Waals surface area contributed by atoms with Crippen LogP contribution in [0.1, 0.15) is 17.5 Å². The maximum absolute atomic E-state index is 12.7. The van der Waals surface area contributed by atoms with E-state index in [4.69, 9.17) is 24.7 Å². The lowest BCUT2D eigenvalue weighted by molar-refractivity contribution is -0.142. The highest BCUT2D eigenvalue weighted by molar-refractivity contribution is 5.96. The average molecular weight is 417 g/mol. The van der Waals surface area contributed by atoms with E-state index >= 15 is 0 Å². The second-order valence-corrected chi connectivity index (χ2v) is 6.46. The lowest BCUT2D eigenvalue weighted by Gasteiger charge is -2.24. The molecule has 0 saturated carbocycles. The Morgan fingerprint density at radius 1 is 1.06 bits per heavy atom. The van der Waals surface area contributed by atoms with Gasteiger partial charge in [-0.2, -0.15) is 10.5 Å². The van der Waals surface area contributed by atoms with Crippen LogP contribution >= 0.6 is 0 Å². The molecule has 0 bridgehead atoms. The molecular weight excluding hydrogens is 398 g/mol. The Kier molecular flexibility index (Phi) is 7.23. The van der Waals surface area contributed by atoms with E-state index in [1.54, 1.807) is 42.5 Å². The molecule has 1 aliphatic heterocycles. The minimum Gasteiger partial charge on any atom is -0.486 e. The molecule has 0 radical (unpaired) electrons. The van der Waals surface area contributed by atoms with Crippen LogP contribution in [0.15, 0.2) is 48.5 Å². The minimum absolute atomic E-state index is 0.118. The molecular formula is C23H19N3O5. The van der Waals surface area contributed by atoms with Gasteiger partial charge in [0.25, 0.3) is 5.91 Å². The van der Waals surface area contributed by atoms with Crippen LogP contribution in [0.3, 0.4) is 0 Å². The first-order chi connectivity index (χ1) is 15.1. The van der Waals surface area contributed by atoms with E-state index in [0.29, 0.717) is 41.5 Å². The predicted molar refractivity (Wildman–Crippen MR) is 111 cm³/mol. The number of amides is 1. The molecule has 1 aliphatic rings. The lowest BCUT2D eigenvalue weighted by atomic mass is 10.1. The summed E-state index contributed by atoms with van der Waals surface area (Å²) < 4.78 is 16.1. The second kappa shape index (κ2) is 10.5. The van der Waals surface area contributed by atoms with Gasteiger partial charge in [0.1, 0.15) is 13.2 Å². The first kappa shape index (κ1) is 21.4. The number of hydrogen-bond donors (Lipinski definition) is 0. The second-order valence-electron chi connectivity index (χ2n) is 6.46. The first-order valence-corrected chi connectivity index (χ1v) is 9.52. The van der Waals surface area contributed by atoms with Crippen LogP contribution < -0.4 is 14.4 Å². The van der Waals surface area contributed by atoms with Crippen LogP contribution in [-0.2, 0) is 14.3 Å². The predicted octanol–water partition coefficient (Wildman–Crippen LogP) is 2.83. The van der Waals surface area contributed by atoms with Crippen molar-refractivity contribution >= 4 is 23.6 Å². The van der Waals surface area contributed by atoms with Crippen LogP contribution in [0.25, 0.3) is 6.08 Å². The summed E-state index contributed by atoms with van der Waals surface area (Å²) in [6.07, 6.45) is 2.85. The van der Waals surface area contributed by atoms with Gasteiger partial charge in [0.2, 0.25) is 0 Å². The standard InChI is InChI=1S/C23H19N3O5/c24-10-1-11-26(19-7-8-20-21(14-19)30-13-12-29-20)22(27)16-31-23(28)9-6-17-2-4-18(15-25)5-3-17/h2-9,14H,1,11-13,16H2/b9-6+. The maximum atomic E-state index is 12.7. The summed E-state index contributed by atoms with van der Waals surface area (Å²) in [5.74, 6) is -0.0462. The molecule has 156 valence electrons. The Morgan fingerprint density at radius 3 is 2.52 bits per heavy atom. The molecule has 1 amide bonds. The Morgan fingerprint density at radius 2 is 1.81 bits per heavy atom. The summed E-state index contributed by atoms with van der Waals surface area (Å²) in [5, 5.41) is 17.7. The van der Waals surface area contributed by atoms with Gasteiger partial charge in [0.15, 0.2) is 18.1 Å². The largest absolute Gasteiger partial charge is 0.486 e. The zero-order valence-electron chi connectivity index (χ0n) is 16.6. The molecule has 3 rings (SSSR count). The van der Waals surface area contributed by atoms with Gasteiger partial charge in [-0.15, -0.1) is 0 Å². The number of carbonyl (C=O) groups is 2. The zero-order chi connectivity index (χ0) is 22.1. The van der Waals surface area contributed by atoms with Gasteiger partial charge in [-0.05, 0) is 35.9 Å². The number of benzene rings is 2. The van der Waals surface area contributed by atoms with Crippen molar-refractivity contribution in [2.45, 2.75) is 6.42 Å². The van der Waals surface area contributed by atoms with Gasteiger partial charge in [-0.3, -0.25) is 4.79 Å². The van der Waals surface area contributed by atoms with E-state index in [-0.39, 0.29) is 13.0 Å². The quantitative estimate of drug-likeness (QED) is 0.503. The topological polar surface area (TPSA) is 113 Å². The number of rotatable bonds is 7. The van der Waals surface area contributed by atoms with Gasteiger partial charge in [0.05, 0.1) is 24.1 Å². The molecule has 0 spiro atoms. The van der Waals surface area contributed by atoms with Crippen LogP contribution in [0.5, 0.6) is 11.5 Å². The SMILES string of the molecule is N#CCCN(C(=O)COC(=O)/C=C/c1ccc(C#N)cc1)c1ccc2c(c1)OCCO2. The van der Waals surface area contributed by atoms with Crippen molar-refractivity contribution in [3.8, 4) is 23.6 Å². The summed E-state index contributed by atoms with van der Waals surface area (Å²) in [6.45, 7) is 0.533. The molecule has 0 aromatic heterocycles. The normalized spacial score (nSPS) is 11.9. The molecule has 0 saturated heterocycles. The number of esters is 1. The van der Waals surface area contributed by atoms with Crippen molar-refractivity contribution in [1.29, 1.82) is 10.5 Å². The van der Waals surface area contributed by atoms with Crippen LogP contribution in [0, 0.1) is 22.7 Å². The number of ether oxygens (including phenoxy) is 3. The van der Waals surface area contributed by atoms with Gasteiger partial charge < -0.3 is 19.1 Å². The summed E-state index contributed by atoms with van der Waals surface area (Å²) in [6, 6.07) is 15.7. The van der Waals surface area contributed by atoms with E-state index in [1.165, 1.54) is 17.1 Å². The number of hydrogen-bond acceptors (Lipinski definition) is 7. The van der Waals surface area contributed by atoms with Crippen molar-refractivity contribution in [3.05, 3.63) is 59.7 Å². The maximum Gasteiger partial charge on any atom is 0.331 e. The van der Waals surface area contributed by atoms with E-state index in [9.17, 15) is 9.59 Å². The Balaban J connectivity index is 1.62. The van der Waals surface area contributed by atoms with Gasteiger partial charge >= 0.3 is 5.97 Å². The number of fused-ring (bicyclic) bond motifs is 1. The molecule has 0 atom stereocenters. The fourth-order valence-corrected chi connectivity index (χ4v) is 2.85. The minimum atomic E-state index is -0.680. The summed E-state index contributed by atoms with van der Waals surface area (Å²) in [7, 11) is 0. The summed E-state index contributed by atoms with van der Waals surface area (Å²) in [5.41, 5.74) is 1.75. The first-order valence-electron chi connectivity index (χ1n) is 9.52. The van der Waals surface area contributed by atoms with E-state index in [1.807, 2.05) is 12.1 Å². The van der Waals surface area contributed by atoms with Crippen LogP contribution in [-0.4, -0.2) is 38.2 Å². The molecule has 8 nitrogen and oxygen atoms in total. The van der Waals surface area contributed by atoms with Crippen molar-refractivity contribution in [3.63, 3.8) is 0 Å². The molecule has 2 aromatic carbocycles. The summed E-state index contributed by atoms with van der Waals surface area (Å²) >= 11 is 0. The number of anilines is 1. The molecule has 0 fully saturated rings. The smallest absolute Gasteiger partial charge is 0.331 e. The molecule has 2 aromatic rings. The van der Waals surface area contributed by atoms with Crippen molar-refractivity contribution in [1.82, 2.24) is 0 Å². The molecule has 1 heterocycles. The van der Waals surface area contributed by atoms with Crippen molar-refractivity contribution in [2.75, 3.05) is 31.3 Å². The van der Waals surface area contributed by atoms with E-state index in [0.717, 1.165) is 0 Å². The molecule has 31 heavy (non-hydrogen) atoms. The average Bonchev–Trinajstić information content (AvgIpc) is 2.81. The third-order valence-electron chi connectivity index (χ3n) is 4.38. The van der Waals surface area contributed by atoms with E-state index < -0.39 is 18.5 Å². The van der Waals surface area contributed by atoms with Crippen LogP contribution in [0.2, 0.25) is 0 Å². The monoisotopic (exact) mass is 417 g/mol. The third kappa shape index (κ3) is 5.84. The van der Waals surface area contributed by atoms with Gasteiger partial charge in [-0.1, -0.05) is 12.1 Å². The Hall–Kier alpha value is -4.30. The number of nitrogens with zero attached hydrogens (tertiary/aromatic N) is 3. The molecule has 0 N–H and O–H groups in total. The lowest BCUT2D eigenvalue weighted by Crippen LogP contribution is -2.35. The highest BCUT2D eigenvalue weighted by Gasteiger charge is 2.20. The summed E-state index contributed by atoms with van der Waals surface area (Å²) in [4.78, 5) is 26.0. The fraction of sp³-hybridized carbons (Fsp3) is 0.217. The highest BCUT2D eigenvalue weighted by atomic mass is 16.6. The Bertz CT molecular complexity index is 1060. The van der Waals surface area contributed by atoms with Crippen molar-refractivity contribution < 1.29 is 23.8 Å². The van der Waals surface area contributed by atoms with Crippen LogP contribution in [0.4, 0.5) is 5.69 Å². The number of nitriles is 2. The van der Waals surface area contributed by atoms with E-state index in [2.05, 4.69) is 0 Å². The van der Waals surface area contributed by atoms with Gasteiger partial charge in [-0.25, -0.2) is 4.79 Å². The molecule has 0 aliphatic carbocycles. The third-order valence-corrected chi connectivity index (χ3v) is 4.38. The Labute approximate surface area is 179 Å². The zero-order valence-corrected chi connectivity index (χ0v) is 16.6. The fourth-order valence-electron chi connectivity index (χ4n) is 2.85. The highest BCUT2D eigenvalue weighted by Crippen LogP contribution is 2.34. The molecule has 0 unspecified atom stereocenters. The van der Waals surface area contributed by atoms with Gasteiger partial charge in [0, 0.05) is 24.4 Å². The molecule has 8 heteroatoms. The number of carbonyl (C=O) groups excluding carboxylic acids is 2.